The molecule has 2 atom stereocenters. The Kier molecular flexibility index (Phi) is 2.64. The van der Waals surface area contributed by atoms with E-state index in [9.17, 15) is 8.42 Å². The fraction of sp³-hybridized carbons (Fsp3) is 1.00. The van der Waals surface area contributed by atoms with E-state index in [0.717, 1.165) is 6.26 Å². The third kappa shape index (κ3) is 2.81. The smallest absolute Gasteiger partial charge is 0.152 e. The second-order valence-corrected chi connectivity index (χ2v) is 4.68. The van der Waals surface area contributed by atoms with Crippen LogP contribution in [0.5, 0.6) is 0 Å². The van der Waals surface area contributed by atoms with E-state index < -0.39 is 21.2 Å². The first kappa shape index (κ1) is 8.91. The van der Waals surface area contributed by atoms with Gasteiger partial charge in [-0.3, -0.25) is 0 Å². The van der Waals surface area contributed by atoms with Crippen molar-refractivity contribution in [3.8, 4) is 0 Å². The van der Waals surface area contributed by atoms with E-state index in [2.05, 4.69) is 0 Å². The van der Waals surface area contributed by atoms with E-state index in [1.54, 1.807) is 0 Å². The summed E-state index contributed by atoms with van der Waals surface area (Å²) < 4.78 is 21.2. The number of hydrogen-bond acceptors (Lipinski definition) is 3. The zero-order valence-corrected chi connectivity index (χ0v) is 6.64. The molecule has 0 radical (unpaired) electrons. The van der Waals surface area contributed by atoms with Crippen molar-refractivity contribution in [1.82, 2.24) is 0 Å². The van der Waals surface area contributed by atoms with Crippen molar-refractivity contribution in [2.75, 3.05) is 6.26 Å². The molecule has 0 spiro atoms. The standard InChI is InChI=1S/C5H12O3S/c1-4(6)5(2)9(3,7)8/h4-6H,1-3H3/t4-,5+/m1/s1. The van der Waals surface area contributed by atoms with Gasteiger partial charge < -0.3 is 5.11 Å². The number of hydrogen-bond donors (Lipinski definition) is 1. The highest BCUT2D eigenvalue weighted by Gasteiger charge is 2.19. The van der Waals surface area contributed by atoms with Crippen LogP contribution in [-0.2, 0) is 9.84 Å². The molecule has 0 aliphatic heterocycles. The lowest BCUT2D eigenvalue weighted by Gasteiger charge is -2.10. The van der Waals surface area contributed by atoms with Crippen LogP contribution in [0, 0.1) is 0 Å². The van der Waals surface area contributed by atoms with Gasteiger partial charge in [0, 0.05) is 6.26 Å². The summed E-state index contributed by atoms with van der Waals surface area (Å²) in [7, 11) is -3.05. The van der Waals surface area contributed by atoms with Gasteiger partial charge >= 0.3 is 0 Å². The molecule has 56 valence electrons. The monoisotopic (exact) mass is 152 g/mol. The number of aliphatic hydroxyl groups is 1. The fourth-order valence-corrected chi connectivity index (χ4v) is 1.07. The molecule has 0 aromatic rings. The quantitative estimate of drug-likeness (QED) is 0.596. The summed E-state index contributed by atoms with van der Waals surface area (Å²) in [6.07, 6.45) is 0.338. The predicted molar refractivity (Wildman–Crippen MR) is 36.0 cm³/mol. The van der Waals surface area contributed by atoms with Crippen molar-refractivity contribution in [2.45, 2.75) is 25.2 Å². The molecule has 0 saturated heterocycles. The van der Waals surface area contributed by atoms with Gasteiger partial charge in [-0.2, -0.15) is 0 Å². The molecule has 0 fully saturated rings. The number of aliphatic hydroxyl groups excluding tert-OH is 1. The maximum Gasteiger partial charge on any atom is 0.152 e. The van der Waals surface area contributed by atoms with E-state index >= 15 is 0 Å². The summed E-state index contributed by atoms with van der Waals surface area (Å²) in [6, 6.07) is 0. The molecule has 0 heterocycles. The number of sulfone groups is 1. The molecule has 0 unspecified atom stereocenters. The highest BCUT2D eigenvalue weighted by molar-refractivity contribution is 7.91. The summed E-state index contributed by atoms with van der Waals surface area (Å²) in [4.78, 5) is 0. The SMILES string of the molecule is C[C@@H](O)[C@H](C)S(C)(=O)=O. The molecule has 3 nitrogen and oxygen atoms in total. The minimum Gasteiger partial charge on any atom is -0.392 e. The zero-order valence-electron chi connectivity index (χ0n) is 5.83. The van der Waals surface area contributed by atoms with Gasteiger partial charge in [0.05, 0.1) is 11.4 Å². The Hall–Kier alpha value is -0.0900. The Balaban J connectivity index is 4.24. The van der Waals surface area contributed by atoms with Crippen molar-refractivity contribution in [2.24, 2.45) is 0 Å². The molecule has 0 aliphatic rings. The highest BCUT2D eigenvalue weighted by atomic mass is 32.2. The van der Waals surface area contributed by atoms with Crippen LogP contribution in [0.15, 0.2) is 0 Å². The lowest BCUT2D eigenvalue weighted by atomic mass is 10.3. The van der Waals surface area contributed by atoms with E-state index in [0.29, 0.717) is 0 Å². The van der Waals surface area contributed by atoms with Crippen LogP contribution in [0.25, 0.3) is 0 Å². The van der Waals surface area contributed by atoms with Gasteiger partial charge in [0.15, 0.2) is 9.84 Å². The molecule has 0 aromatic heterocycles. The van der Waals surface area contributed by atoms with Crippen molar-refractivity contribution in [1.29, 1.82) is 0 Å². The normalized spacial score (nSPS) is 19.1. The first-order valence-corrected chi connectivity index (χ1v) is 4.68. The van der Waals surface area contributed by atoms with Crippen molar-refractivity contribution in [3.05, 3.63) is 0 Å². The Morgan fingerprint density at radius 2 is 1.67 bits per heavy atom. The minimum absolute atomic E-state index is 0.655. The second-order valence-electron chi connectivity index (χ2n) is 2.28. The molecule has 0 rings (SSSR count). The van der Waals surface area contributed by atoms with Crippen LogP contribution in [0.4, 0.5) is 0 Å². The Bertz CT molecular complexity index is 169. The average Bonchev–Trinajstić information content (AvgIpc) is 1.62. The van der Waals surface area contributed by atoms with Crippen LogP contribution in [0.2, 0.25) is 0 Å². The van der Waals surface area contributed by atoms with Crippen LogP contribution in [-0.4, -0.2) is 31.1 Å². The fourth-order valence-electron chi connectivity index (χ4n) is 0.358. The first-order chi connectivity index (χ1) is 3.85. The largest absolute Gasteiger partial charge is 0.392 e. The van der Waals surface area contributed by atoms with Crippen LogP contribution in [0.1, 0.15) is 13.8 Å². The van der Waals surface area contributed by atoms with Gasteiger partial charge in [0.25, 0.3) is 0 Å². The van der Waals surface area contributed by atoms with Gasteiger partial charge in [0.2, 0.25) is 0 Å². The Morgan fingerprint density at radius 1 is 1.33 bits per heavy atom. The molecule has 1 N–H and O–H groups in total. The van der Waals surface area contributed by atoms with Crippen LogP contribution in [0.3, 0.4) is 0 Å². The van der Waals surface area contributed by atoms with Gasteiger partial charge in [-0.1, -0.05) is 0 Å². The van der Waals surface area contributed by atoms with Gasteiger partial charge in [-0.05, 0) is 13.8 Å². The zero-order chi connectivity index (χ0) is 7.65. The van der Waals surface area contributed by atoms with Gasteiger partial charge in [-0.15, -0.1) is 0 Å². The Morgan fingerprint density at radius 3 is 1.67 bits per heavy atom. The van der Waals surface area contributed by atoms with Gasteiger partial charge in [0.1, 0.15) is 0 Å². The average molecular weight is 152 g/mol. The van der Waals surface area contributed by atoms with Gasteiger partial charge in [-0.25, -0.2) is 8.42 Å². The van der Waals surface area contributed by atoms with Crippen molar-refractivity contribution in [3.63, 3.8) is 0 Å². The molecule has 9 heavy (non-hydrogen) atoms. The lowest BCUT2D eigenvalue weighted by Crippen LogP contribution is -2.27. The summed E-state index contributed by atoms with van der Waals surface area (Å²) in [5.74, 6) is 0. The molecule has 0 amide bonds. The third-order valence-electron chi connectivity index (χ3n) is 1.35. The summed E-state index contributed by atoms with van der Waals surface area (Å²) in [5.41, 5.74) is 0. The van der Waals surface area contributed by atoms with E-state index in [-0.39, 0.29) is 0 Å². The van der Waals surface area contributed by atoms with Crippen molar-refractivity contribution >= 4 is 9.84 Å². The van der Waals surface area contributed by atoms with Crippen LogP contribution < -0.4 is 0 Å². The van der Waals surface area contributed by atoms with Crippen molar-refractivity contribution < 1.29 is 13.5 Å². The minimum atomic E-state index is -3.05. The molecular weight excluding hydrogens is 140 g/mol. The van der Waals surface area contributed by atoms with E-state index in [1.807, 2.05) is 0 Å². The summed E-state index contributed by atoms with van der Waals surface area (Å²) in [5, 5.41) is 8.12. The molecule has 0 bridgehead atoms. The summed E-state index contributed by atoms with van der Waals surface area (Å²) in [6.45, 7) is 2.95. The highest BCUT2D eigenvalue weighted by Crippen LogP contribution is 2.02. The van der Waals surface area contributed by atoms with E-state index in [4.69, 9.17) is 5.11 Å². The molecule has 0 aromatic carbocycles. The van der Waals surface area contributed by atoms with Crippen LogP contribution >= 0.6 is 0 Å². The second kappa shape index (κ2) is 2.66. The molecule has 0 aliphatic carbocycles. The first-order valence-electron chi connectivity index (χ1n) is 2.72. The molecule has 0 saturated carbocycles. The maximum atomic E-state index is 10.6. The number of rotatable bonds is 2. The third-order valence-corrected chi connectivity index (χ3v) is 3.10. The topological polar surface area (TPSA) is 54.4 Å². The Labute approximate surface area is 55.6 Å². The lowest BCUT2D eigenvalue weighted by molar-refractivity contribution is 0.193. The molecule has 4 heteroatoms. The van der Waals surface area contributed by atoms with E-state index in [1.165, 1.54) is 13.8 Å². The summed E-state index contributed by atoms with van der Waals surface area (Å²) >= 11 is 0. The predicted octanol–water partition coefficient (Wildman–Crippen LogP) is -0.200. The maximum absolute atomic E-state index is 10.6. The molecular formula is C5H12O3S.